The largest absolute Gasteiger partial charge is 0.483 e. The van der Waals surface area contributed by atoms with Crippen molar-refractivity contribution in [3.63, 3.8) is 0 Å². The fourth-order valence-electron chi connectivity index (χ4n) is 1.38. The van der Waals surface area contributed by atoms with Gasteiger partial charge in [-0.1, -0.05) is 0 Å². The standard InChI is InChI=1S/C10H9FN6O3/c11-6-3-5(17(18)19)1-2-7(6)20-4-8-14-9(12)16-10(13)15-8/h1-3H,4H2,(H4,12,13,14,15,16). The van der Waals surface area contributed by atoms with Gasteiger partial charge in [0.15, 0.2) is 17.4 Å². The van der Waals surface area contributed by atoms with Crippen LogP contribution < -0.4 is 16.2 Å². The molecule has 0 saturated carbocycles. The molecule has 0 unspecified atom stereocenters. The molecule has 0 saturated heterocycles. The number of non-ortho nitro benzene ring substituents is 1. The number of halogens is 1. The second-order valence-corrected chi connectivity index (χ2v) is 3.63. The highest BCUT2D eigenvalue weighted by Crippen LogP contribution is 2.23. The van der Waals surface area contributed by atoms with Crippen molar-refractivity contribution in [1.82, 2.24) is 15.0 Å². The van der Waals surface area contributed by atoms with Gasteiger partial charge in [-0.15, -0.1) is 0 Å². The molecule has 0 atom stereocenters. The van der Waals surface area contributed by atoms with Gasteiger partial charge in [-0.05, 0) is 6.07 Å². The molecule has 1 aromatic carbocycles. The molecule has 2 aromatic rings. The molecule has 0 aliphatic heterocycles. The SMILES string of the molecule is Nc1nc(N)nc(COc2ccc([N+](=O)[O-])cc2F)n1. The van der Waals surface area contributed by atoms with Gasteiger partial charge >= 0.3 is 0 Å². The van der Waals surface area contributed by atoms with Gasteiger partial charge < -0.3 is 16.2 Å². The van der Waals surface area contributed by atoms with E-state index in [4.69, 9.17) is 16.2 Å². The molecule has 0 amide bonds. The molecular formula is C10H9FN6O3. The van der Waals surface area contributed by atoms with Gasteiger partial charge in [-0.3, -0.25) is 10.1 Å². The van der Waals surface area contributed by atoms with E-state index in [1.165, 1.54) is 0 Å². The van der Waals surface area contributed by atoms with E-state index in [-0.39, 0.29) is 35.8 Å². The number of ether oxygens (including phenoxy) is 1. The van der Waals surface area contributed by atoms with Crippen molar-refractivity contribution in [3.05, 3.63) is 40.0 Å². The Balaban J connectivity index is 2.12. The van der Waals surface area contributed by atoms with Crippen LogP contribution in [0.1, 0.15) is 5.82 Å². The lowest BCUT2D eigenvalue weighted by Gasteiger charge is -2.06. The van der Waals surface area contributed by atoms with Crippen LogP contribution in [0.25, 0.3) is 0 Å². The van der Waals surface area contributed by atoms with Crippen LogP contribution in [-0.2, 0) is 6.61 Å². The summed E-state index contributed by atoms with van der Waals surface area (Å²) in [4.78, 5) is 20.8. The van der Waals surface area contributed by atoms with E-state index >= 15 is 0 Å². The summed E-state index contributed by atoms with van der Waals surface area (Å²) >= 11 is 0. The number of nitrogen functional groups attached to an aromatic ring is 2. The van der Waals surface area contributed by atoms with Crippen LogP contribution in [0.15, 0.2) is 18.2 Å². The summed E-state index contributed by atoms with van der Waals surface area (Å²) in [5.74, 6) is -1.09. The van der Waals surface area contributed by atoms with Crippen LogP contribution in [0.2, 0.25) is 0 Å². The molecule has 104 valence electrons. The maximum Gasteiger partial charge on any atom is 0.272 e. The van der Waals surface area contributed by atoms with Gasteiger partial charge in [0, 0.05) is 6.07 Å². The Kier molecular flexibility index (Phi) is 3.55. The van der Waals surface area contributed by atoms with Gasteiger partial charge in [-0.2, -0.15) is 15.0 Å². The lowest BCUT2D eigenvalue weighted by atomic mass is 10.3. The van der Waals surface area contributed by atoms with Gasteiger partial charge in [0.1, 0.15) is 6.61 Å². The van der Waals surface area contributed by atoms with E-state index in [2.05, 4.69) is 15.0 Å². The summed E-state index contributed by atoms with van der Waals surface area (Å²) in [5.41, 5.74) is 10.4. The number of nitrogens with two attached hydrogens (primary N) is 2. The molecule has 1 heterocycles. The van der Waals surface area contributed by atoms with E-state index in [9.17, 15) is 14.5 Å². The van der Waals surface area contributed by atoms with Crippen molar-refractivity contribution >= 4 is 17.6 Å². The van der Waals surface area contributed by atoms with Crippen molar-refractivity contribution in [2.45, 2.75) is 6.61 Å². The Morgan fingerprint density at radius 2 is 1.90 bits per heavy atom. The Bertz CT molecular complexity index is 645. The van der Waals surface area contributed by atoms with Crippen LogP contribution in [0.5, 0.6) is 5.75 Å². The minimum absolute atomic E-state index is 0.0831. The maximum absolute atomic E-state index is 13.5. The number of aromatic nitrogens is 3. The van der Waals surface area contributed by atoms with Crippen molar-refractivity contribution in [2.75, 3.05) is 11.5 Å². The minimum atomic E-state index is -0.866. The molecule has 0 bridgehead atoms. The molecule has 2 rings (SSSR count). The molecular weight excluding hydrogens is 271 g/mol. The first-order chi connectivity index (χ1) is 9.45. The predicted octanol–water partition coefficient (Wildman–Crippen LogP) is 0.662. The zero-order valence-electron chi connectivity index (χ0n) is 9.99. The summed E-state index contributed by atoms with van der Waals surface area (Å²) in [5, 5.41) is 10.5. The monoisotopic (exact) mass is 280 g/mol. The highest BCUT2D eigenvalue weighted by Gasteiger charge is 2.12. The second-order valence-electron chi connectivity index (χ2n) is 3.63. The summed E-state index contributed by atoms with van der Waals surface area (Å²) in [6.07, 6.45) is 0. The van der Waals surface area contributed by atoms with Gasteiger partial charge in [0.05, 0.1) is 11.0 Å². The van der Waals surface area contributed by atoms with Crippen LogP contribution >= 0.6 is 0 Å². The Labute approximate surface area is 111 Å². The summed E-state index contributed by atoms with van der Waals surface area (Å²) in [7, 11) is 0. The summed E-state index contributed by atoms with van der Waals surface area (Å²) in [6, 6.07) is 3.02. The van der Waals surface area contributed by atoms with Crippen LogP contribution in [0, 0.1) is 15.9 Å². The third kappa shape index (κ3) is 3.04. The van der Waals surface area contributed by atoms with Crippen LogP contribution in [0.3, 0.4) is 0 Å². The number of rotatable bonds is 4. The summed E-state index contributed by atoms with van der Waals surface area (Å²) < 4.78 is 18.6. The normalized spacial score (nSPS) is 10.2. The van der Waals surface area contributed by atoms with E-state index in [0.29, 0.717) is 0 Å². The molecule has 0 radical (unpaired) electrons. The molecule has 20 heavy (non-hydrogen) atoms. The lowest BCUT2D eigenvalue weighted by Crippen LogP contribution is -2.09. The highest BCUT2D eigenvalue weighted by atomic mass is 19.1. The zero-order valence-corrected chi connectivity index (χ0v) is 9.99. The lowest BCUT2D eigenvalue weighted by molar-refractivity contribution is -0.385. The van der Waals surface area contributed by atoms with Crippen molar-refractivity contribution in [1.29, 1.82) is 0 Å². The Morgan fingerprint density at radius 3 is 2.45 bits per heavy atom. The second kappa shape index (κ2) is 5.30. The van der Waals surface area contributed by atoms with Crippen molar-refractivity contribution in [3.8, 4) is 5.75 Å². The van der Waals surface area contributed by atoms with Crippen LogP contribution in [-0.4, -0.2) is 19.9 Å². The topological polar surface area (TPSA) is 143 Å². The predicted molar refractivity (Wildman–Crippen MR) is 66.0 cm³/mol. The number of nitro benzene ring substituents is 1. The molecule has 9 nitrogen and oxygen atoms in total. The third-order valence-corrected chi connectivity index (χ3v) is 2.20. The summed E-state index contributed by atoms with van der Waals surface area (Å²) in [6.45, 7) is -0.203. The molecule has 0 fully saturated rings. The first-order valence-corrected chi connectivity index (χ1v) is 5.28. The molecule has 4 N–H and O–H groups in total. The molecule has 1 aromatic heterocycles. The highest BCUT2D eigenvalue weighted by molar-refractivity contribution is 5.37. The molecule has 10 heteroatoms. The molecule has 0 spiro atoms. The first-order valence-electron chi connectivity index (χ1n) is 5.28. The van der Waals surface area contributed by atoms with E-state index in [0.717, 1.165) is 18.2 Å². The zero-order chi connectivity index (χ0) is 14.7. The number of hydrogen-bond acceptors (Lipinski definition) is 8. The number of nitro groups is 1. The number of benzene rings is 1. The number of nitrogens with zero attached hydrogens (tertiary/aromatic N) is 4. The van der Waals surface area contributed by atoms with Crippen molar-refractivity contribution in [2.24, 2.45) is 0 Å². The minimum Gasteiger partial charge on any atom is -0.483 e. The van der Waals surface area contributed by atoms with Crippen LogP contribution in [0.4, 0.5) is 22.0 Å². The first kappa shape index (κ1) is 13.4. The average molecular weight is 280 g/mol. The Hall–Kier alpha value is -3.04. The smallest absolute Gasteiger partial charge is 0.272 e. The fourth-order valence-corrected chi connectivity index (χ4v) is 1.38. The van der Waals surface area contributed by atoms with E-state index in [1.807, 2.05) is 0 Å². The Morgan fingerprint density at radius 1 is 1.25 bits per heavy atom. The fraction of sp³-hybridized carbons (Fsp3) is 0.100. The van der Waals surface area contributed by atoms with Gasteiger partial charge in [0.2, 0.25) is 11.9 Å². The van der Waals surface area contributed by atoms with Crippen molar-refractivity contribution < 1.29 is 14.1 Å². The molecule has 0 aliphatic rings. The average Bonchev–Trinajstić information content (AvgIpc) is 2.36. The van der Waals surface area contributed by atoms with E-state index in [1.54, 1.807) is 0 Å². The number of anilines is 2. The number of hydrogen-bond donors (Lipinski definition) is 2. The quantitative estimate of drug-likeness (QED) is 0.614. The third-order valence-electron chi connectivity index (χ3n) is 2.20. The van der Waals surface area contributed by atoms with Gasteiger partial charge in [-0.25, -0.2) is 4.39 Å². The van der Waals surface area contributed by atoms with E-state index < -0.39 is 10.7 Å². The maximum atomic E-state index is 13.5. The molecule has 0 aliphatic carbocycles. The van der Waals surface area contributed by atoms with Gasteiger partial charge in [0.25, 0.3) is 5.69 Å².